The molecule has 0 spiro atoms. The van der Waals surface area contributed by atoms with Gasteiger partial charge in [-0.25, -0.2) is 28.4 Å². The lowest BCUT2D eigenvalue weighted by molar-refractivity contribution is -0.160. The Kier molecular flexibility index (Phi) is 5.48. The first-order valence-corrected chi connectivity index (χ1v) is 10.4. The van der Waals surface area contributed by atoms with Crippen molar-refractivity contribution in [2.24, 2.45) is 0 Å². The van der Waals surface area contributed by atoms with Gasteiger partial charge in [-0.2, -0.15) is 4.98 Å². The standard InChI is InChI=1S/C18H21F2N5O3S/c1-11-10-29-16(21-11)15-23-13(22-12-3-5-18(19,20)6-4-12)9-14(24-15)27-28-17(26)25-7-2-8-25/h9-10,12H,2-8H2,1H3,(H,22,23,24). The van der Waals surface area contributed by atoms with E-state index in [1.807, 2.05) is 12.3 Å². The minimum atomic E-state index is -2.60. The lowest BCUT2D eigenvalue weighted by Gasteiger charge is -2.29. The Morgan fingerprint density at radius 1 is 1.28 bits per heavy atom. The van der Waals surface area contributed by atoms with Gasteiger partial charge in [0.15, 0.2) is 10.8 Å². The molecule has 0 aromatic carbocycles. The van der Waals surface area contributed by atoms with Crippen LogP contribution in [0.4, 0.5) is 19.4 Å². The summed E-state index contributed by atoms with van der Waals surface area (Å²) in [5.74, 6) is -1.84. The summed E-state index contributed by atoms with van der Waals surface area (Å²) in [4.78, 5) is 36.4. The van der Waals surface area contributed by atoms with Crippen LogP contribution in [0.5, 0.6) is 5.88 Å². The molecular formula is C18H21F2N5O3S. The molecule has 1 saturated heterocycles. The van der Waals surface area contributed by atoms with Crippen molar-refractivity contribution >= 4 is 23.2 Å². The third kappa shape index (κ3) is 4.89. The maximum atomic E-state index is 13.4. The van der Waals surface area contributed by atoms with E-state index >= 15 is 0 Å². The van der Waals surface area contributed by atoms with Gasteiger partial charge in [-0.1, -0.05) is 0 Å². The quantitative estimate of drug-likeness (QED) is 0.571. The molecule has 1 aliphatic carbocycles. The summed E-state index contributed by atoms with van der Waals surface area (Å²) >= 11 is 1.37. The van der Waals surface area contributed by atoms with Gasteiger partial charge in [-0.3, -0.25) is 4.89 Å². The molecule has 0 bridgehead atoms. The zero-order valence-electron chi connectivity index (χ0n) is 15.9. The zero-order valence-corrected chi connectivity index (χ0v) is 16.7. The van der Waals surface area contributed by atoms with Gasteiger partial charge in [0, 0.05) is 49.1 Å². The maximum Gasteiger partial charge on any atom is 0.452 e. The molecule has 0 unspecified atom stereocenters. The van der Waals surface area contributed by atoms with Crippen molar-refractivity contribution < 1.29 is 23.4 Å². The van der Waals surface area contributed by atoms with Crippen molar-refractivity contribution in [3.05, 3.63) is 17.1 Å². The lowest BCUT2D eigenvalue weighted by Crippen LogP contribution is -2.42. The summed E-state index contributed by atoms with van der Waals surface area (Å²) in [6.07, 6.45) is 0.706. The van der Waals surface area contributed by atoms with Crippen LogP contribution in [0.1, 0.15) is 37.8 Å². The van der Waals surface area contributed by atoms with E-state index in [0.717, 1.165) is 12.1 Å². The monoisotopic (exact) mass is 425 g/mol. The second-order valence-corrected chi connectivity index (χ2v) is 8.11. The summed E-state index contributed by atoms with van der Waals surface area (Å²) in [7, 11) is 0. The van der Waals surface area contributed by atoms with Crippen LogP contribution in [0.15, 0.2) is 11.4 Å². The first-order chi connectivity index (χ1) is 13.9. The van der Waals surface area contributed by atoms with Gasteiger partial charge in [-0.05, 0) is 26.2 Å². The van der Waals surface area contributed by atoms with Gasteiger partial charge in [0.05, 0.1) is 0 Å². The molecule has 1 saturated carbocycles. The Hall–Kier alpha value is -2.56. The molecule has 156 valence electrons. The number of hydrogen-bond donors (Lipinski definition) is 1. The summed E-state index contributed by atoms with van der Waals surface area (Å²) in [5, 5.41) is 5.62. The molecule has 11 heteroatoms. The smallest absolute Gasteiger partial charge is 0.367 e. The van der Waals surface area contributed by atoms with Gasteiger partial charge >= 0.3 is 6.09 Å². The van der Waals surface area contributed by atoms with Gasteiger partial charge in [0.2, 0.25) is 5.92 Å². The number of likely N-dealkylation sites (tertiary alicyclic amines) is 1. The molecule has 4 rings (SSSR count). The van der Waals surface area contributed by atoms with E-state index in [-0.39, 0.29) is 24.8 Å². The molecule has 2 fully saturated rings. The highest BCUT2D eigenvalue weighted by atomic mass is 32.1. The minimum absolute atomic E-state index is 0.0420. The van der Waals surface area contributed by atoms with E-state index < -0.39 is 12.0 Å². The van der Waals surface area contributed by atoms with Crippen LogP contribution < -0.4 is 10.2 Å². The molecule has 1 amide bonds. The third-order valence-electron chi connectivity index (χ3n) is 4.89. The highest BCUT2D eigenvalue weighted by Gasteiger charge is 2.35. The highest BCUT2D eigenvalue weighted by Crippen LogP contribution is 2.34. The maximum absolute atomic E-state index is 13.4. The van der Waals surface area contributed by atoms with Crippen LogP contribution in [0, 0.1) is 6.92 Å². The number of rotatable bonds is 5. The fourth-order valence-corrected chi connectivity index (χ4v) is 3.85. The molecule has 2 aliphatic rings. The zero-order chi connectivity index (χ0) is 20.4. The van der Waals surface area contributed by atoms with Crippen molar-refractivity contribution in [2.45, 2.75) is 51.0 Å². The first kappa shape index (κ1) is 19.7. The topological polar surface area (TPSA) is 89.5 Å². The van der Waals surface area contributed by atoms with E-state index in [1.54, 1.807) is 0 Å². The van der Waals surface area contributed by atoms with Crippen LogP contribution in [-0.2, 0) is 4.89 Å². The van der Waals surface area contributed by atoms with Crippen LogP contribution in [0.2, 0.25) is 0 Å². The van der Waals surface area contributed by atoms with Crippen molar-refractivity contribution in [1.29, 1.82) is 0 Å². The molecule has 0 radical (unpaired) electrons. The third-order valence-corrected chi connectivity index (χ3v) is 5.85. The molecule has 8 nitrogen and oxygen atoms in total. The van der Waals surface area contributed by atoms with E-state index in [9.17, 15) is 13.6 Å². The fraction of sp³-hybridized carbons (Fsp3) is 0.556. The first-order valence-electron chi connectivity index (χ1n) is 9.47. The number of anilines is 1. The Balaban J connectivity index is 1.50. The molecule has 3 heterocycles. The Bertz CT molecular complexity index is 880. The Labute approximate surface area is 170 Å². The van der Waals surface area contributed by atoms with Crippen molar-refractivity contribution in [3.8, 4) is 16.7 Å². The summed E-state index contributed by atoms with van der Waals surface area (Å²) in [6, 6.07) is 1.35. The van der Waals surface area contributed by atoms with E-state index in [4.69, 9.17) is 9.78 Å². The fourth-order valence-electron chi connectivity index (χ4n) is 3.12. The number of halogens is 2. The summed E-state index contributed by atoms with van der Waals surface area (Å²) < 4.78 is 26.8. The van der Waals surface area contributed by atoms with Gasteiger partial charge in [-0.15, -0.1) is 11.3 Å². The number of aryl methyl sites for hydroxylation is 1. The molecule has 29 heavy (non-hydrogen) atoms. The largest absolute Gasteiger partial charge is 0.452 e. The van der Waals surface area contributed by atoms with Gasteiger partial charge < -0.3 is 10.2 Å². The second kappa shape index (κ2) is 8.05. The van der Waals surface area contributed by atoms with E-state index in [0.29, 0.717) is 42.6 Å². The molecule has 1 N–H and O–H groups in total. The van der Waals surface area contributed by atoms with Crippen LogP contribution in [0.25, 0.3) is 10.8 Å². The predicted octanol–water partition coefficient (Wildman–Crippen LogP) is 4.03. The number of thiazole rings is 1. The van der Waals surface area contributed by atoms with Crippen LogP contribution in [0.3, 0.4) is 0 Å². The van der Waals surface area contributed by atoms with Crippen molar-refractivity contribution in [2.75, 3.05) is 18.4 Å². The summed E-state index contributed by atoms with van der Waals surface area (Å²) in [6.45, 7) is 3.13. The van der Waals surface area contributed by atoms with Crippen molar-refractivity contribution in [1.82, 2.24) is 19.9 Å². The summed E-state index contributed by atoms with van der Waals surface area (Å²) in [5.41, 5.74) is 0.827. The molecule has 2 aromatic heterocycles. The lowest BCUT2D eigenvalue weighted by atomic mass is 9.92. The Morgan fingerprint density at radius 3 is 2.66 bits per heavy atom. The number of alkyl halides is 2. The molecular weight excluding hydrogens is 404 g/mol. The van der Waals surface area contributed by atoms with Crippen molar-refractivity contribution in [3.63, 3.8) is 0 Å². The van der Waals surface area contributed by atoms with Crippen LogP contribution >= 0.6 is 11.3 Å². The van der Waals surface area contributed by atoms with E-state index in [1.165, 1.54) is 22.3 Å². The number of aromatic nitrogens is 3. The van der Waals surface area contributed by atoms with E-state index in [2.05, 4.69) is 20.3 Å². The molecule has 2 aromatic rings. The number of carbonyl (C=O) groups excluding carboxylic acids is 1. The number of nitrogens with one attached hydrogen (secondary N) is 1. The van der Waals surface area contributed by atoms with Gasteiger partial charge in [0.1, 0.15) is 5.82 Å². The Morgan fingerprint density at radius 2 is 2.03 bits per heavy atom. The van der Waals surface area contributed by atoms with Crippen LogP contribution in [-0.4, -0.2) is 51.0 Å². The average molecular weight is 425 g/mol. The number of nitrogens with zero attached hydrogens (tertiary/aromatic N) is 4. The number of amides is 1. The normalized spacial score (nSPS) is 18.8. The molecule has 1 aliphatic heterocycles. The number of hydrogen-bond acceptors (Lipinski definition) is 8. The van der Waals surface area contributed by atoms with Gasteiger partial charge in [0.25, 0.3) is 5.88 Å². The molecule has 0 atom stereocenters. The second-order valence-electron chi connectivity index (χ2n) is 7.26. The average Bonchev–Trinajstić information content (AvgIpc) is 3.07. The predicted molar refractivity (Wildman–Crippen MR) is 102 cm³/mol. The number of carbonyl (C=O) groups is 1. The minimum Gasteiger partial charge on any atom is -0.367 e. The highest BCUT2D eigenvalue weighted by molar-refractivity contribution is 7.13. The SMILES string of the molecule is Cc1csc(-c2nc(NC3CCC(F)(F)CC3)cc(OOC(=O)N3CCC3)n2)n1.